The van der Waals surface area contributed by atoms with Gasteiger partial charge in [-0.05, 0) is 43.5 Å². The van der Waals surface area contributed by atoms with Gasteiger partial charge in [-0.1, -0.05) is 12.1 Å². The Balaban J connectivity index is 1.35. The van der Waals surface area contributed by atoms with Gasteiger partial charge in [-0.25, -0.2) is 8.42 Å². The molecule has 5 rings (SSSR count). The molecule has 1 amide bonds. The van der Waals surface area contributed by atoms with Crippen molar-refractivity contribution >= 4 is 15.9 Å². The zero-order valence-corrected chi connectivity index (χ0v) is 15.6. The molecule has 1 aromatic heterocycles. The van der Waals surface area contributed by atoms with E-state index in [-0.39, 0.29) is 29.4 Å². The van der Waals surface area contributed by atoms with E-state index in [2.05, 4.69) is 5.32 Å². The molecule has 2 aliphatic heterocycles. The van der Waals surface area contributed by atoms with Crippen molar-refractivity contribution in [2.75, 3.05) is 13.2 Å². The fraction of sp³-hybridized carbons (Fsp3) is 0.421. The minimum Gasteiger partial charge on any atom is -0.490 e. The first kappa shape index (κ1) is 16.8. The molecule has 1 saturated carbocycles. The number of hydrogen-bond acceptors (Lipinski definition) is 4. The average Bonchev–Trinajstić information content (AvgIpc) is 3.25. The molecule has 1 N–H and O–H groups in total. The van der Waals surface area contributed by atoms with Crippen molar-refractivity contribution in [3.8, 4) is 5.75 Å². The lowest BCUT2D eigenvalue weighted by Gasteiger charge is -2.19. The van der Waals surface area contributed by atoms with Crippen molar-refractivity contribution in [3.05, 3.63) is 48.3 Å². The Hall–Kier alpha value is -2.32. The maximum absolute atomic E-state index is 13.0. The molecule has 1 aliphatic carbocycles. The van der Waals surface area contributed by atoms with Crippen LogP contribution in [0.5, 0.6) is 5.75 Å². The van der Waals surface area contributed by atoms with Crippen LogP contribution >= 0.6 is 0 Å². The molecular formula is C19H21N3O4S. The summed E-state index contributed by atoms with van der Waals surface area (Å²) in [5.41, 5.74) is 0.643. The van der Waals surface area contributed by atoms with Crippen LogP contribution in [0.2, 0.25) is 0 Å². The lowest BCUT2D eigenvalue weighted by Crippen LogP contribution is -2.40. The van der Waals surface area contributed by atoms with E-state index in [1.807, 2.05) is 22.9 Å². The summed E-state index contributed by atoms with van der Waals surface area (Å²) in [7, 11) is -3.64. The van der Waals surface area contributed by atoms with Crippen LogP contribution in [-0.4, -0.2) is 48.4 Å². The topological polar surface area (TPSA) is 80.6 Å². The van der Waals surface area contributed by atoms with Crippen molar-refractivity contribution in [3.63, 3.8) is 0 Å². The minimum absolute atomic E-state index is 0.145. The molecule has 0 unspecified atom stereocenters. The van der Waals surface area contributed by atoms with Gasteiger partial charge in [0.05, 0.1) is 6.04 Å². The van der Waals surface area contributed by atoms with Gasteiger partial charge >= 0.3 is 0 Å². The predicted molar refractivity (Wildman–Crippen MR) is 98.2 cm³/mol. The van der Waals surface area contributed by atoms with Crippen LogP contribution in [0.3, 0.4) is 0 Å². The first-order chi connectivity index (χ1) is 13.0. The zero-order chi connectivity index (χ0) is 18.6. The van der Waals surface area contributed by atoms with Crippen molar-refractivity contribution in [1.82, 2.24) is 14.2 Å². The highest BCUT2D eigenvalue weighted by atomic mass is 32.2. The average molecular weight is 387 g/mol. The number of carbonyl (C=O) groups is 1. The molecule has 8 heteroatoms. The number of amides is 1. The lowest BCUT2D eigenvalue weighted by molar-refractivity contribution is 0.0929. The number of nitrogens with one attached hydrogen (secondary N) is 1. The summed E-state index contributed by atoms with van der Waals surface area (Å²) in [6, 6.07) is 10.3. The Morgan fingerprint density at radius 3 is 2.74 bits per heavy atom. The van der Waals surface area contributed by atoms with Gasteiger partial charge in [0.25, 0.3) is 5.91 Å². The van der Waals surface area contributed by atoms with E-state index in [1.54, 1.807) is 24.3 Å². The maximum atomic E-state index is 13.0. The van der Waals surface area contributed by atoms with Gasteiger partial charge in [-0.3, -0.25) is 4.79 Å². The number of para-hydroxylation sites is 1. The standard InChI is InChI=1S/C19H21N3O4S/c23-19(16-4-3-9-21(16)14-7-8-14)20-13-10-15-12-26-17-5-1-2-6-18(17)27(24,25)22(15)11-13/h1-6,9,13-15H,7-8,10-12H2,(H,20,23)/t13-,15-/m0/s1. The number of carbonyl (C=O) groups excluding carboxylic acids is 1. The van der Waals surface area contributed by atoms with E-state index >= 15 is 0 Å². The second-order valence-electron chi connectivity index (χ2n) is 7.42. The van der Waals surface area contributed by atoms with Crippen molar-refractivity contribution < 1.29 is 17.9 Å². The quantitative estimate of drug-likeness (QED) is 0.871. The first-order valence-corrected chi connectivity index (χ1v) is 10.7. The molecule has 1 saturated heterocycles. The van der Waals surface area contributed by atoms with E-state index in [1.165, 1.54) is 4.31 Å². The van der Waals surface area contributed by atoms with E-state index in [0.29, 0.717) is 30.5 Å². The summed E-state index contributed by atoms with van der Waals surface area (Å²) >= 11 is 0. The number of ether oxygens (including phenoxy) is 1. The summed E-state index contributed by atoms with van der Waals surface area (Å²) in [5.74, 6) is 0.253. The van der Waals surface area contributed by atoms with Crippen LogP contribution in [0.25, 0.3) is 0 Å². The highest BCUT2D eigenvalue weighted by Gasteiger charge is 2.44. The SMILES string of the molecule is O=C(N[C@H]1C[C@H]2COc3ccccc3S(=O)(=O)N2C1)c1cccn1C1CC1. The highest BCUT2D eigenvalue weighted by molar-refractivity contribution is 7.89. The van der Waals surface area contributed by atoms with E-state index < -0.39 is 10.0 Å². The summed E-state index contributed by atoms with van der Waals surface area (Å²) in [5, 5.41) is 3.02. The summed E-state index contributed by atoms with van der Waals surface area (Å²) in [6.45, 7) is 0.557. The molecular weight excluding hydrogens is 366 g/mol. The van der Waals surface area contributed by atoms with E-state index in [9.17, 15) is 13.2 Å². The fourth-order valence-electron chi connectivity index (χ4n) is 4.05. The molecule has 0 spiro atoms. The smallest absolute Gasteiger partial charge is 0.268 e. The molecule has 2 aromatic rings. The first-order valence-electron chi connectivity index (χ1n) is 9.25. The molecule has 3 heterocycles. The van der Waals surface area contributed by atoms with Gasteiger partial charge in [0.2, 0.25) is 10.0 Å². The van der Waals surface area contributed by atoms with Crippen molar-refractivity contribution in [1.29, 1.82) is 0 Å². The zero-order valence-electron chi connectivity index (χ0n) is 14.7. The number of aromatic nitrogens is 1. The Labute approximate surface area is 158 Å². The third kappa shape index (κ3) is 2.83. The Kier molecular flexibility index (Phi) is 3.80. The Morgan fingerprint density at radius 1 is 1.11 bits per heavy atom. The van der Waals surface area contributed by atoms with Gasteiger partial charge < -0.3 is 14.6 Å². The van der Waals surface area contributed by atoms with Crippen LogP contribution < -0.4 is 10.1 Å². The molecule has 2 fully saturated rings. The van der Waals surface area contributed by atoms with Crippen LogP contribution in [-0.2, 0) is 10.0 Å². The largest absolute Gasteiger partial charge is 0.490 e. The normalized spacial score (nSPS) is 26.5. The van der Waals surface area contributed by atoms with Crippen molar-refractivity contribution in [2.45, 2.75) is 42.3 Å². The van der Waals surface area contributed by atoms with E-state index in [0.717, 1.165) is 12.8 Å². The van der Waals surface area contributed by atoms with Crippen LogP contribution in [0.1, 0.15) is 35.8 Å². The molecule has 0 bridgehead atoms. The highest BCUT2D eigenvalue weighted by Crippen LogP contribution is 2.37. The molecule has 142 valence electrons. The molecule has 1 aromatic carbocycles. The number of nitrogens with zero attached hydrogens (tertiary/aromatic N) is 2. The monoisotopic (exact) mass is 387 g/mol. The van der Waals surface area contributed by atoms with Gasteiger partial charge in [0.15, 0.2) is 0 Å². The summed E-state index contributed by atoms with van der Waals surface area (Å²) in [4.78, 5) is 12.9. The van der Waals surface area contributed by atoms with Gasteiger partial charge in [0, 0.05) is 24.8 Å². The van der Waals surface area contributed by atoms with Crippen LogP contribution in [0, 0.1) is 0 Å². The molecule has 3 aliphatic rings. The Bertz CT molecular complexity index is 996. The summed E-state index contributed by atoms with van der Waals surface area (Å²) < 4.78 is 35.3. The van der Waals surface area contributed by atoms with Gasteiger partial charge in [0.1, 0.15) is 22.9 Å². The fourth-order valence-corrected chi connectivity index (χ4v) is 5.85. The third-order valence-electron chi connectivity index (χ3n) is 5.52. The predicted octanol–water partition coefficient (Wildman–Crippen LogP) is 1.78. The third-order valence-corrected chi connectivity index (χ3v) is 7.48. The molecule has 2 atom stereocenters. The van der Waals surface area contributed by atoms with Crippen LogP contribution in [0.4, 0.5) is 0 Å². The number of rotatable bonds is 3. The number of sulfonamides is 1. The Morgan fingerprint density at radius 2 is 1.93 bits per heavy atom. The second-order valence-corrected chi connectivity index (χ2v) is 9.28. The summed E-state index contributed by atoms with van der Waals surface area (Å²) in [6.07, 6.45) is 4.68. The maximum Gasteiger partial charge on any atom is 0.268 e. The van der Waals surface area contributed by atoms with E-state index in [4.69, 9.17) is 4.74 Å². The number of hydrogen-bond donors (Lipinski definition) is 1. The van der Waals surface area contributed by atoms with Crippen molar-refractivity contribution in [2.24, 2.45) is 0 Å². The minimum atomic E-state index is -3.64. The van der Waals surface area contributed by atoms with Gasteiger partial charge in [-0.15, -0.1) is 0 Å². The number of fused-ring (bicyclic) bond motifs is 2. The lowest BCUT2D eigenvalue weighted by atomic mass is 10.2. The molecule has 27 heavy (non-hydrogen) atoms. The second kappa shape index (κ2) is 6.10. The van der Waals surface area contributed by atoms with Gasteiger partial charge in [-0.2, -0.15) is 4.31 Å². The molecule has 7 nitrogen and oxygen atoms in total. The molecule has 0 radical (unpaired) electrons. The van der Waals surface area contributed by atoms with Crippen LogP contribution in [0.15, 0.2) is 47.5 Å². The number of benzene rings is 1.